The van der Waals surface area contributed by atoms with Gasteiger partial charge in [0.1, 0.15) is 19.0 Å². The molecule has 1 aromatic carbocycles. The molecular formula is C14H19NO5. The number of aliphatic carboxylic acids is 1. The molecule has 0 fully saturated rings. The molecule has 1 amide bonds. The lowest BCUT2D eigenvalue weighted by molar-refractivity contribution is -0.143. The van der Waals surface area contributed by atoms with E-state index < -0.39 is 12.6 Å². The Morgan fingerprint density at radius 2 is 1.90 bits per heavy atom. The Hall–Kier alpha value is -2.08. The van der Waals surface area contributed by atoms with E-state index in [0.29, 0.717) is 0 Å². The van der Waals surface area contributed by atoms with Crippen molar-refractivity contribution in [1.82, 2.24) is 5.32 Å². The lowest BCUT2D eigenvalue weighted by Gasteiger charge is -2.13. The van der Waals surface area contributed by atoms with Crippen LogP contribution in [-0.2, 0) is 20.7 Å². The summed E-state index contributed by atoms with van der Waals surface area (Å²) in [6.45, 7) is 1.14. The van der Waals surface area contributed by atoms with Crippen LogP contribution in [0.2, 0.25) is 0 Å². The standard InChI is InChI=1S/C14H19NO5/c1-10(15-13(17)8-20-9-14(18)19)2-3-11-4-6-12(16)7-5-11/h4-7,10,16H,2-3,8-9H2,1H3,(H,15,17)(H,18,19). The van der Waals surface area contributed by atoms with Crippen molar-refractivity contribution in [1.29, 1.82) is 0 Å². The summed E-state index contributed by atoms with van der Waals surface area (Å²) in [6, 6.07) is 6.88. The van der Waals surface area contributed by atoms with Crippen LogP contribution in [0.15, 0.2) is 24.3 Å². The van der Waals surface area contributed by atoms with Crippen molar-refractivity contribution >= 4 is 11.9 Å². The van der Waals surface area contributed by atoms with Crippen LogP contribution in [0.1, 0.15) is 18.9 Å². The van der Waals surface area contributed by atoms with E-state index in [1.54, 1.807) is 12.1 Å². The van der Waals surface area contributed by atoms with Crippen LogP contribution in [0.3, 0.4) is 0 Å². The molecule has 0 spiro atoms. The van der Waals surface area contributed by atoms with Crippen LogP contribution >= 0.6 is 0 Å². The molecule has 1 unspecified atom stereocenters. The van der Waals surface area contributed by atoms with Crippen molar-refractivity contribution < 1.29 is 24.5 Å². The maximum absolute atomic E-state index is 11.4. The molecule has 110 valence electrons. The van der Waals surface area contributed by atoms with Gasteiger partial charge >= 0.3 is 5.97 Å². The van der Waals surface area contributed by atoms with Gasteiger partial charge in [-0.05, 0) is 37.5 Å². The largest absolute Gasteiger partial charge is 0.508 e. The van der Waals surface area contributed by atoms with Crippen molar-refractivity contribution in [2.75, 3.05) is 13.2 Å². The summed E-state index contributed by atoms with van der Waals surface area (Å²) in [6.07, 6.45) is 1.52. The predicted octanol–water partition coefficient (Wildman–Crippen LogP) is 0.931. The lowest BCUT2D eigenvalue weighted by atomic mass is 10.1. The number of ether oxygens (including phenoxy) is 1. The zero-order valence-corrected chi connectivity index (χ0v) is 11.3. The fourth-order valence-electron chi connectivity index (χ4n) is 1.67. The van der Waals surface area contributed by atoms with E-state index in [4.69, 9.17) is 14.9 Å². The Bertz CT molecular complexity index is 443. The van der Waals surface area contributed by atoms with E-state index >= 15 is 0 Å². The van der Waals surface area contributed by atoms with E-state index in [2.05, 4.69) is 5.32 Å². The van der Waals surface area contributed by atoms with Crippen molar-refractivity contribution in [3.63, 3.8) is 0 Å². The molecule has 0 aliphatic heterocycles. The van der Waals surface area contributed by atoms with Gasteiger partial charge in [-0.25, -0.2) is 4.79 Å². The molecule has 0 radical (unpaired) electrons. The second-order valence-corrected chi connectivity index (χ2v) is 4.56. The topological polar surface area (TPSA) is 95.9 Å². The van der Waals surface area contributed by atoms with E-state index in [9.17, 15) is 9.59 Å². The Balaban J connectivity index is 2.22. The number of hydrogen-bond donors (Lipinski definition) is 3. The monoisotopic (exact) mass is 281 g/mol. The van der Waals surface area contributed by atoms with Gasteiger partial charge in [0, 0.05) is 6.04 Å². The summed E-state index contributed by atoms with van der Waals surface area (Å²) < 4.78 is 4.69. The molecule has 0 aromatic heterocycles. The zero-order valence-electron chi connectivity index (χ0n) is 11.3. The molecule has 0 saturated heterocycles. The summed E-state index contributed by atoms with van der Waals surface area (Å²) in [5.74, 6) is -1.20. The first-order valence-corrected chi connectivity index (χ1v) is 6.34. The highest BCUT2D eigenvalue weighted by atomic mass is 16.5. The summed E-state index contributed by atoms with van der Waals surface area (Å²) in [7, 11) is 0. The molecule has 6 nitrogen and oxygen atoms in total. The number of carboxylic acid groups (broad SMARTS) is 1. The number of carbonyl (C=O) groups excluding carboxylic acids is 1. The van der Waals surface area contributed by atoms with Crippen LogP contribution in [0, 0.1) is 0 Å². The molecule has 0 bridgehead atoms. The maximum Gasteiger partial charge on any atom is 0.329 e. The fraction of sp³-hybridized carbons (Fsp3) is 0.429. The Labute approximate surface area is 117 Å². The molecule has 3 N–H and O–H groups in total. The number of rotatable bonds is 8. The first-order chi connectivity index (χ1) is 9.47. The molecular weight excluding hydrogens is 262 g/mol. The summed E-state index contributed by atoms with van der Waals surface area (Å²) in [5.41, 5.74) is 1.08. The maximum atomic E-state index is 11.4. The van der Waals surface area contributed by atoms with E-state index in [0.717, 1.165) is 18.4 Å². The normalized spacial score (nSPS) is 11.8. The molecule has 0 saturated carbocycles. The number of carbonyl (C=O) groups is 2. The lowest BCUT2D eigenvalue weighted by Crippen LogP contribution is -2.36. The zero-order chi connectivity index (χ0) is 15.0. The van der Waals surface area contributed by atoms with Crippen LogP contribution in [0.4, 0.5) is 0 Å². The highest BCUT2D eigenvalue weighted by Crippen LogP contribution is 2.11. The molecule has 1 atom stereocenters. The number of nitrogens with one attached hydrogen (secondary N) is 1. The molecule has 20 heavy (non-hydrogen) atoms. The van der Waals surface area contributed by atoms with Gasteiger partial charge in [-0.3, -0.25) is 4.79 Å². The highest BCUT2D eigenvalue weighted by Gasteiger charge is 2.08. The van der Waals surface area contributed by atoms with Gasteiger partial charge in [-0.2, -0.15) is 0 Å². The number of aryl methyl sites for hydroxylation is 1. The molecule has 0 heterocycles. The van der Waals surface area contributed by atoms with Crippen molar-refractivity contribution in [2.24, 2.45) is 0 Å². The summed E-state index contributed by atoms with van der Waals surface area (Å²) in [4.78, 5) is 21.6. The van der Waals surface area contributed by atoms with Gasteiger partial charge in [0.15, 0.2) is 0 Å². The van der Waals surface area contributed by atoms with Crippen molar-refractivity contribution in [2.45, 2.75) is 25.8 Å². The second kappa shape index (κ2) is 8.16. The summed E-state index contributed by atoms with van der Waals surface area (Å²) >= 11 is 0. The van der Waals surface area contributed by atoms with Gasteiger partial charge in [-0.1, -0.05) is 12.1 Å². The third-order valence-corrected chi connectivity index (χ3v) is 2.67. The third kappa shape index (κ3) is 6.75. The van der Waals surface area contributed by atoms with Gasteiger partial charge < -0.3 is 20.3 Å². The van der Waals surface area contributed by atoms with Crippen LogP contribution < -0.4 is 5.32 Å². The minimum Gasteiger partial charge on any atom is -0.508 e. The third-order valence-electron chi connectivity index (χ3n) is 2.67. The average Bonchev–Trinajstić information content (AvgIpc) is 2.37. The first kappa shape index (κ1) is 16.0. The minimum absolute atomic E-state index is 0.0373. The van der Waals surface area contributed by atoms with Gasteiger partial charge in [-0.15, -0.1) is 0 Å². The van der Waals surface area contributed by atoms with Crippen LogP contribution in [0.25, 0.3) is 0 Å². The van der Waals surface area contributed by atoms with E-state index in [1.165, 1.54) is 0 Å². The number of amides is 1. The van der Waals surface area contributed by atoms with Gasteiger partial charge in [0.2, 0.25) is 5.91 Å². The molecule has 0 aliphatic rings. The van der Waals surface area contributed by atoms with Crippen LogP contribution in [-0.4, -0.2) is 41.3 Å². The quantitative estimate of drug-likeness (QED) is 0.659. The average molecular weight is 281 g/mol. The molecule has 1 aromatic rings. The number of benzene rings is 1. The van der Waals surface area contributed by atoms with E-state index in [1.807, 2.05) is 19.1 Å². The number of phenolic OH excluding ortho intramolecular Hbond substituents is 1. The smallest absolute Gasteiger partial charge is 0.329 e. The Morgan fingerprint density at radius 3 is 2.50 bits per heavy atom. The molecule has 0 aliphatic carbocycles. The fourth-order valence-corrected chi connectivity index (χ4v) is 1.67. The molecule has 1 rings (SSSR count). The van der Waals surface area contributed by atoms with Crippen LogP contribution in [0.5, 0.6) is 5.75 Å². The van der Waals surface area contributed by atoms with Gasteiger partial charge in [0.05, 0.1) is 0 Å². The summed E-state index contributed by atoms with van der Waals surface area (Å²) in [5, 5.41) is 20.3. The number of carboxylic acids is 1. The Kier molecular flexibility index (Phi) is 6.52. The number of phenols is 1. The number of aromatic hydroxyl groups is 1. The van der Waals surface area contributed by atoms with Crippen molar-refractivity contribution in [3.8, 4) is 5.75 Å². The SMILES string of the molecule is CC(CCc1ccc(O)cc1)NC(=O)COCC(=O)O. The highest BCUT2D eigenvalue weighted by molar-refractivity contribution is 5.78. The second-order valence-electron chi connectivity index (χ2n) is 4.56. The predicted molar refractivity (Wildman–Crippen MR) is 72.5 cm³/mol. The molecule has 6 heteroatoms. The number of hydrogen-bond acceptors (Lipinski definition) is 4. The minimum atomic E-state index is -1.10. The van der Waals surface area contributed by atoms with Crippen molar-refractivity contribution in [3.05, 3.63) is 29.8 Å². The first-order valence-electron chi connectivity index (χ1n) is 6.34. The Morgan fingerprint density at radius 1 is 1.25 bits per heavy atom. The van der Waals surface area contributed by atoms with E-state index in [-0.39, 0.29) is 24.3 Å². The van der Waals surface area contributed by atoms with Gasteiger partial charge in [0.25, 0.3) is 0 Å².